The molecule has 4 rings (SSSR count). The number of aromatic nitrogens is 4. The van der Waals surface area contributed by atoms with Crippen molar-refractivity contribution in [3.8, 4) is 5.69 Å². The molecule has 0 unspecified atom stereocenters. The molecule has 0 radical (unpaired) electrons. The molecule has 0 fully saturated rings. The first-order valence-electron chi connectivity index (χ1n) is 11.0. The van der Waals surface area contributed by atoms with Crippen LogP contribution in [0.15, 0.2) is 70.3 Å². The Morgan fingerprint density at radius 3 is 2.34 bits per heavy atom. The first-order valence-corrected chi connectivity index (χ1v) is 11.0. The van der Waals surface area contributed by atoms with Gasteiger partial charge < -0.3 is 10.1 Å². The molecule has 0 bridgehead atoms. The summed E-state index contributed by atoms with van der Waals surface area (Å²) < 4.78 is 7.52. The van der Waals surface area contributed by atoms with Crippen LogP contribution in [0.25, 0.3) is 16.5 Å². The fraction of sp³-hybridized carbons (Fsp3) is 0.240. The third kappa shape index (κ3) is 5.21. The van der Waals surface area contributed by atoms with Crippen LogP contribution in [0.5, 0.6) is 0 Å². The van der Waals surface area contributed by atoms with Crippen molar-refractivity contribution in [3.63, 3.8) is 0 Å². The molecule has 0 saturated heterocycles. The molecule has 2 aromatic heterocycles. The number of esters is 1. The molecule has 10 heteroatoms. The summed E-state index contributed by atoms with van der Waals surface area (Å²) in [6, 6.07) is 17.4. The van der Waals surface area contributed by atoms with E-state index in [1.54, 1.807) is 22.9 Å². The molecule has 2 N–H and O–H groups in total. The van der Waals surface area contributed by atoms with E-state index < -0.39 is 36.1 Å². The Bertz CT molecular complexity index is 1510. The van der Waals surface area contributed by atoms with Gasteiger partial charge in [-0.2, -0.15) is 5.10 Å². The van der Waals surface area contributed by atoms with Crippen LogP contribution in [0.1, 0.15) is 26.5 Å². The smallest absolute Gasteiger partial charge is 0.328 e. The lowest BCUT2D eigenvalue weighted by atomic mass is 9.92. The van der Waals surface area contributed by atoms with Gasteiger partial charge in [0.15, 0.2) is 6.61 Å². The van der Waals surface area contributed by atoms with Crippen LogP contribution in [0.4, 0.5) is 5.82 Å². The van der Waals surface area contributed by atoms with Crippen LogP contribution in [0.2, 0.25) is 0 Å². The number of anilines is 1. The Morgan fingerprint density at radius 1 is 1.00 bits per heavy atom. The minimum absolute atomic E-state index is 0.186. The molecule has 0 aliphatic rings. The minimum Gasteiger partial charge on any atom is -0.454 e. The maximum atomic E-state index is 12.6. The molecule has 2 heterocycles. The van der Waals surface area contributed by atoms with Gasteiger partial charge in [0.1, 0.15) is 12.4 Å². The highest BCUT2D eigenvalue weighted by Gasteiger charge is 2.22. The van der Waals surface area contributed by atoms with E-state index in [-0.39, 0.29) is 16.2 Å². The first kappa shape index (κ1) is 23.7. The number of nitrogens with zero attached hydrogens (tertiary/aromatic N) is 3. The van der Waals surface area contributed by atoms with Gasteiger partial charge in [-0.05, 0) is 24.3 Å². The van der Waals surface area contributed by atoms with Crippen molar-refractivity contribution in [2.24, 2.45) is 0 Å². The second-order valence-electron chi connectivity index (χ2n) is 9.00. The van der Waals surface area contributed by atoms with Gasteiger partial charge in [0, 0.05) is 11.5 Å². The number of hydrogen-bond donors (Lipinski definition) is 2. The topological polar surface area (TPSA) is 128 Å². The third-order valence-corrected chi connectivity index (χ3v) is 5.28. The van der Waals surface area contributed by atoms with E-state index in [2.05, 4.69) is 15.5 Å². The van der Waals surface area contributed by atoms with Crippen molar-refractivity contribution in [1.82, 2.24) is 19.6 Å². The summed E-state index contributed by atoms with van der Waals surface area (Å²) in [4.78, 5) is 49.6. The number of amides is 1. The van der Waals surface area contributed by atoms with E-state index in [4.69, 9.17) is 4.74 Å². The minimum atomic E-state index is -0.847. The Morgan fingerprint density at radius 2 is 1.66 bits per heavy atom. The van der Waals surface area contributed by atoms with Crippen LogP contribution in [-0.4, -0.2) is 38.0 Å². The Hall–Kier alpha value is -4.47. The van der Waals surface area contributed by atoms with E-state index in [1.165, 1.54) is 12.1 Å². The zero-order chi connectivity index (χ0) is 25.2. The van der Waals surface area contributed by atoms with Crippen molar-refractivity contribution in [2.45, 2.75) is 32.7 Å². The van der Waals surface area contributed by atoms with Crippen molar-refractivity contribution < 1.29 is 14.3 Å². The van der Waals surface area contributed by atoms with Gasteiger partial charge in [0.05, 0.1) is 22.2 Å². The van der Waals surface area contributed by atoms with Gasteiger partial charge in [-0.25, -0.2) is 9.36 Å². The quantitative estimate of drug-likeness (QED) is 0.412. The molecule has 180 valence electrons. The SMILES string of the molecule is CC(C)(C)c1cc(NC(=O)COC(=O)Cn2[nH]c(=O)c3ccccc3c2=O)n(-c2ccccc2)n1. The second-order valence-corrected chi connectivity index (χ2v) is 9.00. The number of ether oxygens (including phenoxy) is 1. The summed E-state index contributed by atoms with van der Waals surface area (Å²) in [5, 5.41) is 10.1. The monoisotopic (exact) mass is 475 g/mol. The lowest BCUT2D eigenvalue weighted by molar-refractivity contribution is -0.148. The van der Waals surface area contributed by atoms with Gasteiger partial charge in [-0.1, -0.05) is 51.1 Å². The summed E-state index contributed by atoms with van der Waals surface area (Å²) in [6.07, 6.45) is 0. The Kier molecular flexibility index (Phi) is 6.37. The van der Waals surface area contributed by atoms with Crippen LogP contribution >= 0.6 is 0 Å². The largest absolute Gasteiger partial charge is 0.454 e. The van der Waals surface area contributed by atoms with E-state index in [1.807, 2.05) is 51.1 Å². The van der Waals surface area contributed by atoms with E-state index in [0.717, 1.165) is 16.1 Å². The zero-order valence-electron chi connectivity index (χ0n) is 19.6. The number of hydrogen-bond acceptors (Lipinski definition) is 6. The Balaban J connectivity index is 1.45. The second kappa shape index (κ2) is 9.41. The molecule has 0 aliphatic carbocycles. The lowest BCUT2D eigenvalue weighted by Gasteiger charge is -2.14. The van der Waals surface area contributed by atoms with Crippen LogP contribution < -0.4 is 16.4 Å². The highest BCUT2D eigenvalue weighted by molar-refractivity contribution is 5.92. The van der Waals surface area contributed by atoms with Gasteiger partial charge in [0.2, 0.25) is 0 Å². The summed E-state index contributed by atoms with van der Waals surface area (Å²) in [5.74, 6) is -0.993. The van der Waals surface area contributed by atoms with Crippen LogP contribution in [0.3, 0.4) is 0 Å². The number of carbonyl (C=O) groups is 2. The van der Waals surface area contributed by atoms with Gasteiger partial charge in [-0.15, -0.1) is 0 Å². The molecule has 0 saturated carbocycles. The van der Waals surface area contributed by atoms with Gasteiger partial charge >= 0.3 is 5.97 Å². The standard InChI is InChI=1S/C25H25N5O5/c1-25(2,3)19-13-20(30(27-19)16-9-5-4-6-10-16)26-21(31)15-35-22(32)14-29-24(34)18-12-8-7-11-17(18)23(33)28-29/h4-13H,14-15H2,1-3H3,(H,26,31)(H,28,33). The number of carbonyl (C=O) groups excluding carboxylic acids is 2. The summed E-state index contributed by atoms with van der Waals surface area (Å²) in [6.45, 7) is 4.92. The van der Waals surface area contributed by atoms with Crippen LogP contribution in [-0.2, 0) is 26.3 Å². The fourth-order valence-electron chi connectivity index (χ4n) is 3.46. The van der Waals surface area contributed by atoms with Crippen LogP contribution in [0, 0.1) is 0 Å². The number of rotatable bonds is 6. The van der Waals surface area contributed by atoms with Crippen molar-refractivity contribution in [3.05, 3.63) is 87.1 Å². The number of H-pyrrole nitrogens is 1. The molecular formula is C25H25N5O5. The average molecular weight is 476 g/mol. The first-order chi connectivity index (χ1) is 16.6. The maximum absolute atomic E-state index is 12.6. The molecule has 1 amide bonds. The maximum Gasteiger partial charge on any atom is 0.328 e. The van der Waals surface area contributed by atoms with E-state index in [0.29, 0.717) is 5.82 Å². The summed E-state index contributed by atoms with van der Waals surface area (Å²) >= 11 is 0. The molecule has 0 aliphatic heterocycles. The molecule has 0 atom stereocenters. The summed E-state index contributed by atoms with van der Waals surface area (Å²) in [7, 11) is 0. The van der Waals surface area contributed by atoms with Crippen molar-refractivity contribution in [1.29, 1.82) is 0 Å². The predicted molar refractivity (Wildman–Crippen MR) is 131 cm³/mol. The molecular weight excluding hydrogens is 450 g/mol. The number of fused-ring (bicyclic) bond motifs is 1. The number of nitrogens with one attached hydrogen (secondary N) is 2. The highest BCUT2D eigenvalue weighted by atomic mass is 16.5. The van der Waals surface area contributed by atoms with Gasteiger partial charge in [0.25, 0.3) is 17.0 Å². The third-order valence-electron chi connectivity index (χ3n) is 5.28. The van der Waals surface area contributed by atoms with Gasteiger partial charge in [-0.3, -0.25) is 24.3 Å². The molecule has 10 nitrogen and oxygen atoms in total. The fourth-order valence-corrected chi connectivity index (χ4v) is 3.46. The highest BCUT2D eigenvalue weighted by Crippen LogP contribution is 2.26. The predicted octanol–water partition coefficient (Wildman–Crippen LogP) is 2.35. The number of para-hydroxylation sites is 1. The molecule has 2 aromatic carbocycles. The van der Waals surface area contributed by atoms with E-state index in [9.17, 15) is 19.2 Å². The average Bonchev–Trinajstić information content (AvgIpc) is 3.26. The Labute approximate surface area is 200 Å². The zero-order valence-corrected chi connectivity index (χ0v) is 19.6. The summed E-state index contributed by atoms with van der Waals surface area (Å²) in [5.41, 5.74) is 0.233. The molecule has 4 aromatic rings. The lowest BCUT2D eigenvalue weighted by Crippen LogP contribution is -2.33. The van der Waals surface area contributed by atoms with E-state index >= 15 is 0 Å². The molecule has 35 heavy (non-hydrogen) atoms. The normalized spacial score (nSPS) is 11.4. The van der Waals surface area contributed by atoms with Crippen molar-refractivity contribution >= 4 is 28.5 Å². The molecule has 0 spiro atoms. The number of aromatic amines is 1. The van der Waals surface area contributed by atoms with Crippen molar-refractivity contribution in [2.75, 3.05) is 11.9 Å². The number of benzene rings is 2.